The Balaban J connectivity index is 1.55. The molecule has 1 aliphatic rings. The largest absolute Gasteiger partial charge is 0.353 e. The van der Waals surface area contributed by atoms with Crippen LogP contribution in [-0.4, -0.2) is 42.4 Å². The van der Waals surface area contributed by atoms with Crippen molar-refractivity contribution in [3.63, 3.8) is 0 Å². The summed E-state index contributed by atoms with van der Waals surface area (Å²) in [7, 11) is 0. The van der Waals surface area contributed by atoms with Gasteiger partial charge in [-0.25, -0.2) is 9.37 Å². The molecule has 0 bridgehead atoms. The van der Waals surface area contributed by atoms with Gasteiger partial charge in [0.25, 0.3) is 0 Å². The van der Waals surface area contributed by atoms with Crippen LogP contribution in [0.25, 0.3) is 0 Å². The third-order valence-electron chi connectivity index (χ3n) is 3.47. The molecule has 2 aromatic rings. The first kappa shape index (κ1) is 13.5. The number of aromatic nitrogens is 1. The van der Waals surface area contributed by atoms with Gasteiger partial charge >= 0.3 is 0 Å². The van der Waals surface area contributed by atoms with Crippen LogP contribution in [0.4, 0.5) is 10.2 Å². The number of benzene rings is 1. The first-order chi connectivity index (χ1) is 10.3. The number of hydrogen-bond donors (Lipinski definition) is 0. The molecule has 0 aliphatic carbocycles. The maximum Gasteiger partial charge on any atom is 0.128 e. The Bertz CT molecular complexity index is 589. The maximum atomic E-state index is 12.8. The fourth-order valence-electron chi connectivity index (χ4n) is 2.28. The highest BCUT2D eigenvalue weighted by molar-refractivity contribution is 5.79. The summed E-state index contributed by atoms with van der Waals surface area (Å²) in [6.45, 7) is 3.51. The Kier molecular flexibility index (Phi) is 4.09. The monoisotopic (exact) mass is 284 g/mol. The molecule has 0 amide bonds. The third kappa shape index (κ3) is 3.56. The highest BCUT2D eigenvalue weighted by Gasteiger charge is 2.15. The molecule has 0 N–H and O–H groups in total. The van der Waals surface area contributed by atoms with Gasteiger partial charge in [0, 0.05) is 19.3 Å². The zero-order chi connectivity index (χ0) is 14.5. The Morgan fingerprint density at radius 2 is 1.76 bits per heavy atom. The number of nitrogens with zero attached hydrogens (tertiary/aromatic N) is 4. The minimum absolute atomic E-state index is 0.226. The molecule has 2 heterocycles. The summed E-state index contributed by atoms with van der Waals surface area (Å²) in [5.41, 5.74) is 0.906. The quantitative estimate of drug-likeness (QED) is 0.811. The Labute approximate surface area is 123 Å². The molecule has 1 fully saturated rings. The van der Waals surface area contributed by atoms with Crippen molar-refractivity contribution in [2.24, 2.45) is 5.10 Å². The van der Waals surface area contributed by atoms with Crippen LogP contribution >= 0.6 is 0 Å². The highest BCUT2D eigenvalue weighted by atomic mass is 19.1. The van der Waals surface area contributed by atoms with Crippen LogP contribution in [0.2, 0.25) is 0 Å². The van der Waals surface area contributed by atoms with E-state index in [-0.39, 0.29) is 5.82 Å². The number of piperazine rings is 1. The Hall–Kier alpha value is -2.43. The van der Waals surface area contributed by atoms with Crippen molar-refractivity contribution in [3.8, 4) is 0 Å². The number of anilines is 1. The van der Waals surface area contributed by atoms with E-state index in [9.17, 15) is 4.39 Å². The molecule has 1 saturated heterocycles. The van der Waals surface area contributed by atoms with E-state index < -0.39 is 0 Å². The fraction of sp³-hybridized carbons (Fsp3) is 0.250. The van der Waals surface area contributed by atoms with Gasteiger partial charge in [0.2, 0.25) is 0 Å². The highest BCUT2D eigenvalue weighted by Crippen LogP contribution is 2.12. The second-order valence-corrected chi connectivity index (χ2v) is 4.92. The molecule has 0 saturated carbocycles. The standard InChI is InChI=1S/C16H17FN4/c17-15-6-4-14(5-7-15)13-19-21-11-9-20(10-12-21)16-3-1-2-8-18-16/h1-8,13H,9-12H2. The third-order valence-corrected chi connectivity index (χ3v) is 3.47. The van der Waals surface area contributed by atoms with Gasteiger partial charge in [0.05, 0.1) is 19.3 Å². The molecular formula is C16H17FN4. The minimum atomic E-state index is -0.226. The molecule has 1 aromatic heterocycles. The number of hydrogen-bond acceptors (Lipinski definition) is 4. The van der Waals surface area contributed by atoms with Crippen molar-refractivity contribution in [1.29, 1.82) is 0 Å². The maximum absolute atomic E-state index is 12.8. The first-order valence-electron chi connectivity index (χ1n) is 7.02. The van der Waals surface area contributed by atoms with Crippen molar-refractivity contribution >= 4 is 12.0 Å². The van der Waals surface area contributed by atoms with Crippen molar-refractivity contribution in [2.45, 2.75) is 0 Å². The van der Waals surface area contributed by atoms with Gasteiger partial charge in [-0.2, -0.15) is 5.10 Å². The van der Waals surface area contributed by atoms with Crippen LogP contribution in [-0.2, 0) is 0 Å². The smallest absolute Gasteiger partial charge is 0.128 e. The first-order valence-corrected chi connectivity index (χ1v) is 7.02. The predicted molar refractivity (Wildman–Crippen MR) is 82.0 cm³/mol. The Morgan fingerprint density at radius 1 is 1.00 bits per heavy atom. The average Bonchev–Trinajstić information content (AvgIpc) is 2.56. The van der Waals surface area contributed by atoms with Gasteiger partial charge in [0.1, 0.15) is 11.6 Å². The average molecular weight is 284 g/mol. The van der Waals surface area contributed by atoms with Crippen molar-refractivity contribution in [3.05, 3.63) is 60.0 Å². The fourth-order valence-corrected chi connectivity index (χ4v) is 2.28. The molecule has 1 aromatic carbocycles. The molecule has 108 valence electrons. The van der Waals surface area contributed by atoms with Crippen LogP contribution in [0.15, 0.2) is 53.8 Å². The van der Waals surface area contributed by atoms with E-state index in [4.69, 9.17) is 0 Å². The summed E-state index contributed by atoms with van der Waals surface area (Å²) >= 11 is 0. The molecule has 1 aliphatic heterocycles. The van der Waals surface area contributed by atoms with E-state index in [1.165, 1.54) is 12.1 Å². The number of pyridine rings is 1. The van der Waals surface area contributed by atoms with Gasteiger partial charge in [-0.3, -0.25) is 5.01 Å². The zero-order valence-corrected chi connectivity index (χ0v) is 11.7. The summed E-state index contributed by atoms with van der Waals surface area (Å²) in [6, 6.07) is 12.3. The molecular weight excluding hydrogens is 267 g/mol. The summed E-state index contributed by atoms with van der Waals surface area (Å²) < 4.78 is 12.8. The summed E-state index contributed by atoms with van der Waals surface area (Å²) in [5, 5.41) is 6.48. The lowest BCUT2D eigenvalue weighted by Gasteiger charge is -2.33. The molecule has 3 rings (SSSR count). The molecule has 0 atom stereocenters. The molecule has 4 nitrogen and oxygen atoms in total. The van der Waals surface area contributed by atoms with Gasteiger partial charge in [-0.1, -0.05) is 18.2 Å². The van der Waals surface area contributed by atoms with E-state index in [1.807, 2.05) is 29.4 Å². The van der Waals surface area contributed by atoms with E-state index in [0.717, 1.165) is 37.6 Å². The van der Waals surface area contributed by atoms with Crippen molar-refractivity contribution in [1.82, 2.24) is 9.99 Å². The van der Waals surface area contributed by atoms with Gasteiger partial charge in [-0.05, 0) is 29.8 Å². The summed E-state index contributed by atoms with van der Waals surface area (Å²) in [5.74, 6) is 0.788. The van der Waals surface area contributed by atoms with Gasteiger partial charge in [0.15, 0.2) is 0 Å². The molecule has 5 heteroatoms. The van der Waals surface area contributed by atoms with E-state index in [0.29, 0.717) is 0 Å². The van der Waals surface area contributed by atoms with Crippen LogP contribution in [0.5, 0.6) is 0 Å². The molecule has 0 unspecified atom stereocenters. The van der Waals surface area contributed by atoms with Crippen LogP contribution in [0, 0.1) is 5.82 Å². The van der Waals surface area contributed by atoms with E-state index >= 15 is 0 Å². The van der Waals surface area contributed by atoms with E-state index in [1.54, 1.807) is 18.3 Å². The predicted octanol–water partition coefficient (Wildman–Crippen LogP) is 2.38. The van der Waals surface area contributed by atoms with Crippen LogP contribution < -0.4 is 4.90 Å². The summed E-state index contributed by atoms with van der Waals surface area (Å²) in [4.78, 5) is 6.62. The van der Waals surface area contributed by atoms with Gasteiger partial charge in [-0.15, -0.1) is 0 Å². The van der Waals surface area contributed by atoms with Gasteiger partial charge < -0.3 is 4.90 Å². The molecule has 0 spiro atoms. The van der Waals surface area contributed by atoms with Crippen molar-refractivity contribution in [2.75, 3.05) is 31.1 Å². The zero-order valence-electron chi connectivity index (χ0n) is 11.7. The summed E-state index contributed by atoms with van der Waals surface area (Å²) in [6.07, 6.45) is 3.59. The van der Waals surface area contributed by atoms with Crippen LogP contribution in [0.3, 0.4) is 0 Å². The number of hydrazone groups is 1. The lowest BCUT2D eigenvalue weighted by molar-refractivity contribution is 0.271. The second kappa shape index (κ2) is 6.35. The number of halogens is 1. The lowest BCUT2D eigenvalue weighted by Crippen LogP contribution is -2.44. The van der Waals surface area contributed by atoms with E-state index in [2.05, 4.69) is 15.0 Å². The molecule has 21 heavy (non-hydrogen) atoms. The lowest BCUT2D eigenvalue weighted by atomic mass is 10.2. The normalized spacial score (nSPS) is 15.7. The van der Waals surface area contributed by atoms with Crippen LogP contribution in [0.1, 0.15) is 5.56 Å². The SMILES string of the molecule is Fc1ccc(C=NN2CCN(c3ccccn3)CC2)cc1. The Morgan fingerprint density at radius 3 is 2.43 bits per heavy atom. The second-order valence-electron chi connectivity index (χ2n) is 4.92. The topological polar surface area (TPSA) is 31.7 Å². The number of rotatable bonds is 3. The minimum Gasteiger partial charge on any atom is -0.353 e. The molecule has 0 radical (unpaired) electrons. The van der Waals surface area contributed by atoms with Crippen molar-refractivity contribution < 1.29 is 4.39 Å².